The molecular formula is C23H29N3O3. The van der Waals surface area contributed by atoms with E-state index >= 15 is 0 Å². The van der Waals surface area contributed by atoms with E-state index in [0.29, 0.717) is 29.7 Å². The molecular weight excluding hydrogens is 366 g/mol. The molecule has 0 radical (unpaired) electrons. The minimum absolute atomic E-state index is 0.0267. The molecule has 2 aliphatic heterocycles. The van der Waals surface area contributed by atoms with E-state index in [-0.39, 0.29) is 17.4 Å². The van der Waals surface area contributed by atoms with Crippen molar-refractivity contribution in [3.05, 3.63) is 36.1 Å². The van der Waals surface area contributed by atoms with E-state index in [1.54, 1.807) is 6.07 Å². The summed E-state index contributed by atoms with van der Waals surface area (Å²) in [4.78, 5) is 28.3. The van der Waals surface area contributed by atoms with Crippen LogP contribution in [0.1, 0.15) is 49.1 Å². The number of rotatable bonds is 3. The number of nitrogens with one attached hydrogen (secondary N) is 2. The van der Waals surface area contributed by atoms with E-state index in [0.717, 1.165) is 57.1 Å². The predicted molar refractivity (Wildman–Crippen MR) is 111 cm³/mol. The van der Waals surface area contributed by atoms with E-state index in [1.807, 2.05) is 29.2 Å². The van der Waals surface area contributed by atoms with E-state index in [9.17, 15) is 9.59 Å². The Balaban J connectivity index is 1.27. The minimum atomic E-state index is -0.219. The van der Waals surface area contributed by atoms with E-state index in [2.05, 4.69) is 10.6 Å². The quantitative estimate of drug-likeness (QED) is 0.838. The van der Waals surface area contributed by atoms with Gasteiger partial charge in [0.25, 0.3) is 5.91 Å². The molecule has 3 fully saturated rings. The molecule has 6 heteroatoms. The lowest BCUT2D eigenvalue weighted by molar-refractivity contribution is -0.146. The van der Waals surface area contributed by atoms with Crippen LogP contribution in [0, 0.1) is 11.3 Å². The zero-order chi connectivity index (χ0) is 19.8. The number of amides is 2. The molecule has 0 spiro atoms. The first-order valence-electron chi connectivity index (χ1n) is 11.0. The number of hydrogen-bond acceptors (Lipinski definition) is 4. The van der Waals surface area contributed by atoms with Crippen molar-refractivity contribution in [2.75, 3.05) is 26.2 Å². The van der Waals surface area contributed by atoms with E-state index < -0.39 is 0 Å². The monoisotopic (exact) mass is 395 g/mol. The fraction of sp³-hybridized carbons (Fsp3) is 0.565. The van der Waals surface area contributed by atoms with Gasteiger partial charge in [-0.25, -0.2) is 0 Å². The normalized spacial score (nSPS) is 29.6. The third-order valence-electron chi connectivity index (χ3n) is 7.16. The van der Waals surface area contributed by atoms with Gasteiger partial charge in [0.15, 0.2) is 5.76 Å². The number of fused-ring (bicyclic) bond motifs is 2. The van der Waals surface area contributed by atoms with E-state index in [1.165, 1.54) is 6.42 Å². The Morgan fingerprint density at radius 2 is 2.07 bits per heavy atom. The first-order valence-corrected chi connectivity index (χ1v) is 11.0. The SMILES string of the molecule is O=C(NC1CCCN(C(=O)[C@@]23CCCC[C@H]2CNC3)C1)c1cc2ccccc2o1. The molecule has 1 aromatic heterocycles. The topological polar surface area (TPSA) is 74.6 Å². The number of carbonyl (C=O) groups excluding carboxylic acids is 2. The molecule has 2 saturated heterocycles. The molecule has 29 heavy (non-hydrogen) atoms. The number of piperidine rings is 1. The van der Waals surface area contributed by atoms with Gasteiger partial charge in [-0.3, -0.25) is 9.59 Å². The molecule has 5 rings (SSSR count). The van der Waals surface area contributed by atoms with Crippen molar-refractivity contribution in [2.45, 2.75) is 44.6 Å². The van der Waals surface area contributed by atoms with Crippen molar-refractivity contribution < 1.29 is 14.0 Å². The van der Waals surface area contributed by atoms with Gasteiger partial charge in [0.2, 0.25) is 5.91 Å². The van der Waals surface area contributed by atoms with Crippen LogP contribution in [0.15, 0.2) is 34.7 Å². The highest BCUT2D eigenvalue weighted by atomic mass is 16.3. The Morgan fingerprint density at radius 3 is 2.97 bits per heavy atom. The summed E-state index contributed by atoms with van der Waals surface area (Å²) in [5.41, 5.74) is 0.498. The number of carbonyl (C=O) groups is 2. The second-order valence-corrected chi connectivity index (χ2v) is 8.94. The zero-order valence-corrected chi connectivity index (χ0v) is 16.8. The smallest absolute Gasteiger partial charge is 0.287 e. The van der Waals surface area contributed by atoms with Crippen LogP contribution in [0.25, 0.3) is 11.0 Å². The largest absolute Gasteiger partial charge is 0.451 e. The number of para-hydroxylation sites is 1. The van der Waals surface area contributed by atoms with Crippen molar-refractivity contribution in [3.8, 4) is 0 Å². The van der Waals surface area contributed by atoms with Gasteiger partial charge in [-0.05, 0) is 50.3 Å². The molecule has 6 nitrogen and oxygen atoms in total. The van der Waals surface area contributed by atoms with Gasteiger partial charge in [-0.1, -0.05) is 31.0 Å². The highest BCUT2D eigenvalue weighted by Gasteiger charge is 2.51. The molecule has 0 bridgehead atoms. The maximum absolute atomic E-state index is 13.5. The third-order valence-corrected chi connectivity index (χ3v) is 7.16. The van der Waals surface area contributed by atoms with E-state index in [4.69, 9.17) is 4.42 Å². The second-order valence-electron chi connectivity index (χ2n) is 8.94. The molecule has 1 aromatic carbocycles. The van der Waals surface area contributed by atoms with Crippen molar-refractivity contribution in [2.24, 2.45) is 11.3 Å². The van der Waals surface area contributed by atoms with Crippen molar-refractivity contribution in [1.82, 2.24) is 15.5 Å². The third kappa shape index (κ3) is 3.33. The van der Waals surface area contributed by atoms with Gasteiger partial charge in [-0.15, -0.1) is 0 Å². The van der Waals surface area contributed by atoms with Crippen LogP contribution in [-0.4, -0.2) is 48.9 Å². The van der Waals surface area contributed by atoms with Crippen LogP contribution in [0.3, 0.4) is 0 Å². The Kier molecular flexibility index (Phi) is 4.82. The Hall–Kier alpha value is -2.34. The molecule has 2 aromatic rings. The summed E-state index contributed by atoms with van der Waals surface area (Å²) >= 11 is 0. The average Bonchev–Trinajstić information content (AvgIpc) is 3.38. The average molecular weight is 396 g/mol. The fourth-order valence-corrected chi connectivity index (χ4v) is 5.61. The molecule has 154 valence electrons. The lowest BCUT2D eigenvalue weighted by Crippen LogP contribution is -2.56. The van der Waals surface area contributed by atoms with Crippen molar-refractivity contribution in [1.29, 1.82) is 0 Å². The van der Waals surface area contributed by atoms with Crippen LogP contribution >= 0.6 is 0 Å². The van der Waals surface area contributed by atoms with Gasteiger partial charge in [0.05, 0.1) is 5.41 Å². The first kappa shape index (κ1) is 18.7. The first-order chi connectivity index (χ1) is 14.2. The van der Waals surface area contributed by atoms with Crippen LogP contribution in [-0.2, 0) is 4.79 Å². The highest BCUT2D eigenvalue weighted by molar-refractivity contribution is 5.96. The van der Waals surface area contributed by atoms with Crippen molar-refractivity contribution >= 4 is 22.8 Å². The molecule has 1 unspecified atom stereocenters. The summed E-state index contributed by atoms with van der Waals surface area (Å²) in [6.45, 7) is 3.17. The Morgan fingerprint density at radius 1 is 1.17 bits per heavy atom. The minimum Gasteiger partial charge on any atom is -0.451 e. The van der Waals surface area contributed by atoms with Gasteiger partial charge >= 0.3 is 0 Å². The predicted octanol–water partition coefficient (Wildman–Crippen LogP) is 2.93. The lowest BCUT2D eigenvalue weighted by atomic mass is 9.67. The van der Waals surface area contributed by atoms with Crippen LogP contribution < -0.4 is 10.6 Å². The zero-order valence-electron chi connectivity index (χ0n) is 16.8. The van der Waals surface area contributed by atoms with Gasteiger partial charge in [-0.2, -0.15) is 0 Å². The number of likely N-dealkylation sites (tertiary alicyclic amines) is 1. The summed E-state index contributed by atoms with van der Waals surface area (Å²) in [7, 11) is 0. The number of furan rings is 1. The highest BCUT2D eigenvalue weighted by Crippen LogP contribution is 2.45. The summed E-state index contributed by atoms with van der Waals surface area (Å²) < 4.78 is 5.70. The summed E-state index contributed by atoms with van der Waals surface area (Å²) in [5.74, 6) is 0.904. The Bertz CT molecular complexity index is 890. The van der Waals surface area contributed by atoms with Crippen LogP contribution in [0.5, 0.6) is 0 Å². The lowest BCUT2D eigenvalue weighted by Gasteiger charge is -2.43. The molecule has 3 heterocycles. The molecule has 1 saturated carbocycles. The maximum Gasteiger partial charge on any atom is 0.287 e. The molecule has 3 aliphatic rings. The maximum atomic E-state index is 13.5. The summed E-state index contributed by atoms with van der Waals surface area (Å²) in [5, 5.41) is 7.50. The van der Waals surface area contributed by atoms with Crippen LogP contribution in [0.4, 0.5) is 0 Å². The number of hydrogen-bond donors (Lipinski definition) is 2. The Labute approximate surface area is 171 Å². The molecule has 1 aliphatic carbocycles. The fourth-order valence-electron chi connectivity index (χ4n) is 5.61. The van der Waals surface area contributed by atoms with Crippen molar-refractivity contribution in [3.63, 3.8) is 0 Å². The standard InChI is InChI=1S/C23H29N3O3/c27-21(20-12-16-6-1-2-9-19(16)29-20)25-18-8-5-11-26(14-18)22(28)23-10-4-3-7-17(23)13-24-15-23/h1-2,6,9,12,17-18,24H,3-5,7-8,10-11,13-15H2,(H,25,27)/t17-,18?,23+/m0/s1. The van der Waals surface area contributed by atoms with Gasteiger partial charge < -0.3 is 20.0 Å². The molecule has 2 N–H and O–H groups in total. The van der Waals surface area contributed by atoms with Gasteiger partial charge in [0.1, 0.15) is 5.58 Å². The number of benzene rings is 1. The second kappa shape index (κ2) is 7.48. The molecule has 3 atom stereocenters. The molecule has 2 amide bonds. The summed E-state index contributed by atoms with van der Waals surface area (Å²) in [6.07, 6.45) is 6.34. The summed E-state index contributed by atoms with van der Waals surface area (Å²) in [6, 6.07) is 9.39. The van der Waals surface area contributed by atoms with Gasteiger partial charge in [0, 0.05) is 31.1 Å². The number of nitrogens with zero attached hydrogens (tertiary/aromatic N) is 1. The van der Waals surface area contributed by atoms with Crippen LogP contribution in [0.2, 0.25) is 0 Å².